The molecular weight excluding hydrogens is 272 g/mol. The zero-order valence-electron chi connectivity index (χ0n) is 14.0. The third-order valence-corrected chi connectivity index (χ3v) is 3.16. The number of unbranched alkanes of at least 4 members (excludes halogenated alkanes) is 4. The van der Waals surface area contributed by atoms with E-state index in [1.165, 1.54) is 12.8 Å². The van der Waals surface area contributed by atoms with E-state index < -0.39 is 5.97 Å². The number of carbonyl (C=O) groups is 1. The van der Waals surface area contributed by atoms with E-state index in [-0.39, 0.29) is 6.42 Å². The van der Waals surface area contributed by atoms with Crippen LogP contribution in [0.5, 0.6) is 0 Å². The van der Waals surface area contributed by atoms with Gasteiger partial charge >= 0.3 is 5.97 Å². The van der Waals surface area contributed by atoms with Crippen LogP contribution in [0.15, 0.2) is 48.6 Å². The van der Waals surface area contributed by atoms with Crippen molar-refractivity contribution in [3.63, 3.8) is 0 Å². The topological polar surface area (TPSA) is 37.3 Å². The average Bonchev–Trinajstić information content (AvgIpc) is 2.50. The lowest BCUT2D eigenvalue weighted by atomic mass is 10.2. The van der Waals surface area contributed by atoms with Crippen LogP contribution in [-0.2, 0) is 4.79 Å². The van der Waals surface area contributed by atoms with E-state index in [1.807, 2.05) is 0 Å². The van der Waals surface area contributed by atoms with E-state index in [4.69, 9.17) is 5.11 Å². The minimum atomic E-state index is -0.710. The lowest BCUT2D eigenvalue weighted by molar-refractivity contribution is -0.137. The Hall–Kier alpha value is -1.57. The number of aliphatic carboxylic acids is 1. The molecule has 0 aromatic rings. The average molecular weight is 304 g/mol. The molecule has 0 fully saturated rings. The van der Waals surface area contributed by atoms with Crippen molar-refractivity contribution in [2.45, 2.75) is 71.1 Å². The Morgan fingerprint density at radius 3 is 1.68 bits per heavy atom. The van der Waals surface area contributed by atoms with Crippen LogP contribution >= 0.6 is 0 Å². The van der Waals surface area contributed by atoms with Gasteiger partial charge in [-0.3, -0.25) is 4.79 Å². The smallest absolute Gasteiger partial charge is 0.303 e. The molecule has 0 spiro atoms. The summed E-state index contributed by atoms with van der Waals surface area (Å²) in [6.45, 7) is 2.20. The molecule has 0 aliphatic rings. The quantitative estimate of drug-likeness (QED) is 0.305. The van der Waals surface area contributed by atoms with Crippen LogP contribution in [0.3, 0.4) is 0 Å². The summed E-state index contributed by atoms with van der Waals surface area (Å²) in [7, 11) is 0. The van der Waals surface area contributed by atoms with Gasteiger partial charge in [-0.1, -0.05) is 62.0 Å². The Bertz CT molecular complexity index is 362. The minimum Gasteiger partial charge on any atom is -0.481 e. The van der Waals surface area contributed by atoms with Gasteiger partial charge in [-0.15, -0.1) is 0 Å². The summed E-state index contributed by atoms with van der Waals surface area (Å²) in [6.07, 6.45) is 27.4. The SMILES string of the molecule is CCCC=CCCC=CCCC=CCC=CCCCC(=O)O. The van der Waals surface area contributed by atoms with Gasteiger partial charge in [0, 0.05) is 6.42 Å². The lowest BCUT2D eigenvalue weighted by Crippen LogP contribution is -1.92. The van der Waals surface area contributed by atoms with Gasteiger partial charge in [0.2, 0.25) is 0 Å². The van der Waals surface area contributed by atoms with Crippen LogP contribution in [-0.4, -0.2) is 11.1 Å². The van der Waals surface area contributed by atoms with E-state index in [9.17, 15) is 4.79 Å². The standard InChI is InChI=1S/C20H32O2/c1-2-3-4-5-6-7-8-9-10-11-12-13-14-15-16-17-18-19-20(21)22/h4-5,8-9,12-13,15-16H,2-3,6-7,10-11,14,17-19H2,1H3,(H,21,22). The van der Waals surface area contributed by atoms with Gasteiger partial charge in [0.25, 0.3) is 0 Å². The molecule has 2 nitrogen and oxygen atoms in total. The zero-order valence-corrected chi connectivity index (χ0v) is 14.0. The molecule has 0 amide bonds. The molecule has 124 valence electrons. The highest BCUT2D eigenvalue weighted by Gasteiger charge is 1.92. The Morgan fingerprint density at radius 1 is 0.727 bits per heavy atom. The summed E-state index contributed by atoms with van der Waals surface area (Å²) < 4.78 is 0. The Kier molecular flexibility index (Phi) is 16.2. The molecule has 0 aliphatic carbocycles. The summed E-state index contributed by atoms with van der Waals surface area (Å²) in [6, 6.07) is 0. The molecule has 2 heteroatoms. The van der Waals surface area contributed by atoms with Crippen molar-refractivity contribution in [1.82, 2.24) is 0 Å². The first-order valence-corrected chi connectivity index (χ1v) is 8.59. The lowest BCUT2D eigenvalue weighted by Gasteiger charge is -1.90. The van der Waals surface area contributed by atoms with E-state index in [1.54, 1.807) is 0 Å². The Balaban J connectivity index is 3.36. The first-order chi connectivity index (χ1) is 10.8. The molecule has 1 N–H and O–H groups in total. The number of rotatable bonds is 14. The second kappa shape index (κ2) is 17.5. The predicted octanol–water partition coefficient (Wildman–Crippen LogP) is 6.22. The monoisotopic (exact) mass is 304 g/mol. The molecule has 0 atom stereocenters. The predicted molar refractivity (Wildman–Crippen MR) is 96.0 cm³/mol. The van der Waals surface area contributed by atoms with Crippen LogP contribution in [0.25, 0.3) is 0 Å². The Labute approximate surface area is 136 Å². The van der Waals surface area contributed by atoms with Crippen molar-refractivity contribution in [3.8, 4) is 0 Å². The summed E-state index contributed by atoms with van der Waals surface area (Å²) >= 11 is 0. The molecule has 0 unspecified atom stereocenters. The van der Waals surface area contributed by atoms with Gasteiger partial charge in [0.15, 0.2) is 0 Å². The van der Waals surface area contributed by atoms with Crippen molar-refractivity contribution < 1.29 is 9.90 Å². The van der Waals surface area contributed by atoms with Crippen molar-refractivity contribution in [2.75, 3.05) is 0 Å². The number of carboxylic acid groups (broad SMARTS) is 1. The molecule has 0 aromatic heterocycles. The maximum Gasteiger partial charge on any atom is 0.303 e. The van der Waals surface area contributed by atoms with Crippen molar-refractivity contribution in [1.29, 1.82) is 0 Å². The number of hydrogen-bond donors (Lipinski definition) is 1. The van der Waals surface area contributed by atoms with E-state index >= 15 is 0 Å². The maximum atomic E-state index is 10.3. The zero-order chi connectivity index (χ0) is 16.3. The van der Waals surface area contributed by atoms with Gasteiger partial charge in [0.1, 0.15) is 0 Å². The van der Waals surface area contributed by atoms with E-state index in [0.29, 0.717) is 0 Å². The fourth-order valence-corrected chi connectivity index (χ4v) is 1.90. The highest BCUT2D eigenvalue weighted by molar-refractivity contribution is 5.66. The Morgan fingerprint density at radius 2 is 1.18 bits per heavy atom. The normalized spacial score (nSPS) is 12.4. The number of hydrogen-bond acceptors (Lipinski definition) is 1. The van der Waals surface area contributed by atoms with Gasteiger partial charge in [0.05, 0.1) is 0 Å². The van der Waals surface area contributed by atoms with Gasteiger partial charge in [-0.25, -0.2) is 0 Å². The van der Waals surface area contributed by atoms with Gasteiger partial charge in [-0.05, 0) is 51.4 Å². The largest absolute Gasteiger partial charge is 0.481 e. The number of carboxylic acids is 1. The molecule has 0 bridgehead atoms. The molecule has 0 radical (unpaired) electrons. The third-order valence-electron chi connectivity index (χ3n) is 3.16. The summed E-state index contributed by atoms with van der Waals surface area (Å²) in [5.41, 5.74) is 0. The van der Waals surface area contributed by atoms with E-state index in [2.05, 4.69) is 55.5 Å². The van der Waals surface area contributed by atoms with Crippen molar-refractivity contribution >= 4 is 5.97 Å². The number of allylic oxidation sites excluding steroid dienone is 8. The minimum absolute atomic E-state index is 0.265. The molecular formula is C20H32O2. The van der Waals surface area contributed by atoms with Gasteiger partial charge in [-0.2, -0.15) is 0 Å². The summed E-state index contributed by atoms with van der Waals surface area (Å²) in [5.74, 6) is -0.710. The van der Waals surface area contributed by atoms with Crippen LogP contribution in [0.4, 0.5) is 0 Å². The molecule has 0 rings (SSSR count). The van der Waals surface area contributed by atoms with Crippen LogP contribution < -0.4 is 0 Å². The molecule has 22 heavy (non-hydrogen) atoms. The fraction of sp³-hybridized carbons (Fsp3) is 0.550. The fourth-order valence-electron chi connectivity index (χ4n) is 1.90. The first-order valence-electron chi connectivity index (χ1n) is 8.59. The molecule has 0 heterocycles. The molecule has 0 saturated carbocycles. The van der Waals surface area contributed by atoms with E-state index in [0.717, 1.165) is 44.9 Å². The highest BCUT2D eigenvalue weighted by atomic mass is 16.4. The van der Waals surface area contributed by atoms with Gasteiger partial charge < -0.3 is 5.11 Å². The molecule has 0 saturated heterocycles. The first kappa shape index (κ1) is 20.4. The van der Waals surface area contributed by atoms with Crippen LogP contribution in [0, 0.1) is 0 Å². The second-order valence-corrected chi connectivity index (χ2v) is 5.35. The van der Waals surface area contributed by atoms with Crippen molar-refractivity contribution in [2.24, 2.45) is 0 Å². The molecule has 0 aliphatic heterocycles. The van der Waals surface area contributed by atoms with Crippen LogP contribution in [0.1, 0.15) is 71.1 Å². The third kappa shape index (κ3) is 18.4. The second-order valence-electron chi connectivity index (χ2n) is 5.35. The highest BCUT2D eigenvalue weighted by Crippen LogP contribution is 2.01. The van der Waals surface area contributed by atoms with Crippen LogP contribution in [0.2, 0.25) is 0 Å². The summed E-state index contributed by atoms with van der Waals surface area (Å²) in [4.78, 5) is 10.3. The maximum absolute atomic E-state index is 10.3. The molecule has 0 aromatic carbocycles. The summed E-state index contributed by atoms with van der Waals surface area (Å²) in [5, 5.41) is 8.49. The van der Waals surface area contributed by atoms with Crippen molar-refractivity contribution in [3.05, 3.63) is 48.6 Å².